The molecule has 1 heterocycles. The van der Waals surface area contributed by atoms with Crippen molar-refractivity contribution >= 4 is 49.8 Å². The van der Waals surface area contributed by atoms with Crippen molar-refractivity contribution in [2.24, 2.45) is 0 Å². The van der Waals surface area contributed by atoms with Crippen molar-refractivity contribution in [2.75, 3.05) is 4.90 Å². The van der Waals surface area contributed by atoms with Crippen molar-refractivity contribution < 1.29 is 4.42 Å². The molecule has 2 nitrogen and oxygen atoms in total. The van der Waals surface area contributed by atoms with Crippen LogP contribution in [0.2, 0.25) is 0 Å². The summed E-state index contributed by atoms with van der Waals surface area (Å²) in [4.78, 5) is 2.32. The van der Waals surface area contributed by atoms with Gasteiger partial charge in [-0.2, -0.15) is 0 Å². The summed E-state index contributed by atoms with van der Waals surface area (Å²) < 4.78 is 6.68. The number of para-hydroxylation sites is 2. The minimum absolute atomic E-state index is 0.898. The molecule has 0 saturated heterocycles. The smallest absolute Gasteiger partial charge is 0.145 e. The number of benzene rings is 6. The topological polar surface area (TPSA) is 16.4 Å². The van der Waals surface area contributed by atoms with Crippen molar-refractivity contribution in [3.63, 3.8) is 0 Å². The van der Waals surface area contributed by atoms with E-state index in [1.54, 1.807) is 0 Å². The second-order valence-corrected chi connectivity index (χ2v) is 9.01. The van der Waals surface area contributed by atoms with Gasteiger partial charge >= 0.3 is 0 Å². The van der Waals surface area contributed by atoms with Gasteiger partial charge in [-0.05, 0) is 64.9 Å². The van der Waals surface area contributed by atoms with Crippen LogP contribution in [0, 0.1) is 0 Å². The summed E-state index contributed by atoms with van der Waals surface area (Å²) in [6.45, 7) is 0. The maximum absolute atomic E-state index is 6.68. The van der Waals surface area contributed by atoms with Gasteiger partial charge in [0.05, 0.1) is 11.1 Å². The van der Waals surface area contributed by atoms with E-state index < -0.39 is 0 Å². The fraction of sp³-hybridized carbons (Fsp3) is 0. The summed E-state index contributed by atoms with van der Waals surface area (Å²) in [6.07, 6.45) is 0. The second-order valence-electron chi connectivity index (χ2n) is 9.01. The quantitative estimate of drug-likeness (QED) is 0.259. The molecule has 0 aliphatic heterocycles. The van der Waals surface area contributed by atoms with Crippen molar-refractivity contribution in [3.05, 3.63) is 140 Å². The Bertz CT molecular complexity index is 1780. The molecule has 170 valence electrons. The van der Waals surface area contributed by atoms with Gasteiger partial charge in [0.1, 0.15) is 11.2 Å². The molecule has 0 saturated carbocycles. The Labute approximate surface area is 209 Å². The lowest BCUT2D eigenvalue weighted by Gasteiger charge is -2.26. The van der Waals surface area contributed by atoms with Gasteiger partial charge in [-0.1, -0.05) is 91.0 Å². The molecule has 1 aromatic heterocycles. The third-order valence-corrected chi connectivity index (χ3v) is 6.82. The van der Waals surface area contributed by atoms with Crippen molar-refractivity contribution in [3.8, 4) is 11.1 Å². The molecule has 0 amide bonds. The van der Waals surface area contributed by atoms with E-state index in [0.29, 0.717) is 0 Å². The van der Waals surface area contributed by atoms with Crippen LogP contribution in [-0.4, -0.2) is 0 Å². The Morgan fingerprint density at radius 3 is 1.69 bits per heavy atom. The monoisotopic (exact) mass is 461 g/mol. The summed E-state index contributed by atoms with van der Waals surface area (Å²) in [5, 5.41) is 4.61. The van der Waals surface area contributed by atoms with E-state index in [-0.39, 0.29) is 0 Å². The maximum atomic E-state index is 6.68. The van der Waals surface area contributed by atoms with Crippen molar-refractivity contribution in [2.45, 2.75) is 0 Å². The predicted octanol–water partition coefficient (Wildman–Crippen LogP) is 9.88. The lowest BCUT2D eigenvalue weighted by molar-refractivity contribution is 0.670. The van der Waals surface area contributed by atoms with Crippen LogP contribution in [0.3, 0.4) is 0 Å². The molecular formula is C34H23NO. The third-order valence-electron chi connectivity index (χ3n) is 6.82. The van der Waals surface area contributed by atoms with Crippen LogP contribution in [0.4, 0.5) is 17.1 Å². The number of anilines is 3. The van der Waals surface area contributed by atoms with Crippen molar-refractivity contribution in [1.82, 2.24) is 0 Å². The average molecular weight is 462 g/mol. The van der Waals surface area contributed by atoms with E-state index in [4.69, 9.17) is 4.42 Å². The van der Waals surface area contributed by atoms with Crippen LogP contribution in [0.5, 0.6) is 0 Å². The first kappa shape index (κ1) is 20.5. The molecule has 0 aliphatic rings. The van der Waals surface area contributed by atoms with Crippen LogP contribution >= 0.6 is 0 Å². The van der Waals surface area contributed by atoms with Crippen LogP contribution < -0.4 is 4.90 Å². The van der Waals surface area contributed by atoms with Gasteiger partial charge in [0.25, 0.3) is 0 Å². The first-order chi connectivity index (χ1) is 17.9. The number of hydrogen-bond donors (Lipinski definition) is 0. The molecule has 0 unspecified atom stereocenters. The zero-order valence-corrected chi connectivity index (χ0v) is 19.6. The Balaban J connectivity index is 1.61. The van der Waals surface area contributed by atoms with Gasteiger partial charge < -0.3 is 9.32 Å². The molecule has 6 aromatic carbocycles. The minimum atomic E-state index is 0.898. The van der Waals surface area contributed by atoms with E-state index in [9.17, 15) is 0 Å². The minimum Gasteiger partial charge on any atom is -0.455 e. The van der Waals surface area contributed by atoms with Crippen LogP contribution in [0.1, 0.15) is 0 Å². The summed E-state index contributed by atoms with van der Waals surface area (Å²) in [5.74, 6) is 0. The number of hydrogen-bond acceptors (Lipinski definition) is 2. The van der Waals surface area contributed by atoms with E-state index >= 15 is 0 Å². The molecule has 0 radical (unpaired) electrons. The first-order valence-electron chi connectivity index (χ1n) is 12.2. The summed E-state index contributed by atoms with van der Waals surface area (Å²) in [5.41, 5.74) is 7.34. The fourth-order valence-corrected chi connectivity index (χ4v) is 5.16. The Morgan fingerprint density at radius 2 is 1.06 bits per heavy atom. The molecule has 0 aliphatic carbocycles. The molecule has 7 rings (SSSR count). The number of furan rings is 1. The van der Waals surface area contributed by atoms with Crippen molar-refractivity contribution in [1.29, 1.82) is 0 Å². The van der Waals surface area contributed by atoms with E-state index in [1.807, 2.05) is 6.07 Å². The highest BCUT2D eigenvalue weighted by atomic mass is 16.3. The molecule has 0 spiro atoms. The summed E-state index contributed by atoms with van der Waals surface area (Å²) in [6, 6.07) is 48.9. The molecule has 0 atom stereocenters. The highest BCUT2D eigenvalue weighted by molar-refractivity contribution is 6.19. The van der Waals surface area contributed by atoms with E-state index in [2.05, 4.69) is 138 Å². The summed E-state index contributed by atoms with van der Waals surface area (Å²) >= 11 is 0. The molecule has 0 fully saturated rings. The molecule has 7 aromatic rings. The van der Waals surface area contributed by atoms with Crippen LogP contribution in [0.25, 0.3) is 43.8 Å². The lowest BCUT2D eigenvalue weighted by Crippen LogP contribution is -2.10. The molecule has 0 N–H and O–H groups in total. The van der Waals surface area contributed by atoms with Crippen LogP contribution in [-0.2, 0) is 0 Å². The maximum Gasteiger partial charge on any atom is 0.145 e. The average Bonchev–Trinajstić information content (AvgIpc) is 3.32. The predicted molar refractivity (Wildman–Crippen MR) is 151 cm³/mol. The van der Waals surface area contributed by atoms with Gasteiger partial charge in [0.15, 0.2) is 0 Å². The third kappa shape index (κ3) is 3.35. The van der Waals surface area contributed by atoms with Gasteiger partial charge in [-0.15, -0.1) is 0 Å². The standard InChI is InChI=1S/C34H23NO/c1-4-12-24(13-5-1)29-20-21-31(35(27-16-6-2-7-17-27)28-18-8-3-9-19-28)33-30-22-25-14-10-11-15-26(25)23-32(30)36-34(29)33/h1-23H. The fourth-order valence-electron chi connectivity index (χ4n) is 5.16. The Kier molecular flexibility index (Phi) is 4.82. The van der Waals surface area contributed by atoms with E-state index in [1.165, 1.54) is 10.8 Å². The molecule has 2 heteroatoms. The second kappa shape index (κ2) is 8.44. The molecule has 36 heavy (non-hydrogen) atoms. The van der Waals surface area contributed by atoms with Crippen LogP contribution in [0.15, 0.2) is 144 Å². The Hall–Kier alpha value is -4.82. The lowest BCUT2D eigenvalue weighted by atomic mass is 9.99. The zero-order valence-electron chi connectivity index (χ0n) is 19.6. The van der Waals surface area contributed by atoms with Gasteiger partial charge in [0.2, 0.25) is 0 Å². The van der Waals surface area contributed by atoms with Gasteiger partial charge in [0, 0.05) is 22.3 Å². The van der Waals surface area contributed by atoms with E-state index in [0.717, 1.165) is 50.1 Å². The first-order valence-corrected chi connectivity index (χ1v) is 12.2. The normalized spacial score (nSPS) is 11.3. The largest absolute Gasteiger partial charge is 0.455 e. The highest BCUT2D eigenvalue weighted by Gasteiger charge is 2.22. The number of rotatable bonds is 4. The Morgan fingerprint density at radius 1 is 0.500 bits per heavy atom. The highest BCUT2D eigenvalue weighted by Crippen LogP contribution is 2.46. The number of fused-ring (bicyclic) bond motifs is 4. The van der Waals surface area contributed by atoms with Gasteiger partial charge in [-0.25, -0.2) is 0 Å². The molecule has 0 bridgehead atoms. The number of nitrogens with zero attached hydrogens (tertiary/aromatic N) is 1. The summed E-state index contributed by atoms with van der Waals surface area (Å²) in [7, 11) is 0. The van der Waals surface area contributed by atoms with Gasteiger partial charge in [-0.3, -0.25) is 0 Å². The zero-order chi connectivity index (χ0) is 23.9. The molecular weight excluding hydrogens is 438 g/mol. The SMILES string of the molecule is c1ccc(-c2ccc(N(c3ccccc3)c3ccccc3)c3c2oc2cc4ccccc4cc23)cc1.